The zero-order valence-corrected chi connectivity index (χ0v) is 12.6. The van der Waals surface area contributed by atoms with Crippen LogP contribution in [0.25, 0.3) is 0 Å². The quantitative estimate of drug-likeness (QED) is 0.406. The topological polar surface area (TPSA) is 83.8 Å². The minimum Gasteiger partial charge on any atom is -0.466 e. The zero-order chi connectivity index (χ0) is 14.4. The van der Waals surface area contributed by atoms with Crippen LogP contribution in [-0.4, -0.2) is 28.5 Å². The second-order valence-electron chi connectivity index (χ2n) is 4.07. The number of ether oxygens (including phenoxy) is 1. The Balaban J connectivity index is 0. The van der Waals surface area contributed by atoms with Crippen molar-refractivity contribution in [2.75, 3.05) is 12.8 Å². The lowest BCUT2D eigenvalue weighted by Crippen LogP contribution is -2.06. The van der Waals surface area contributed by atoms with Gasteiger partial charge in [0.2, 0.25) is 0 Å². The van der Waals surface area contributed by atoms with Crippen molar-refractivity contribution >= 4 is 13.6 Å². The largest absolute Gasteiger partial charge is 0.466 e. The zero-order valence-electron chi connectivity index (χ0n) is 11.7. The van der Waals surface area contributed by atoms with Crippen molar-refractivity contribution in [3.8, 4) is 0 Å². The first-order valence-corrected chi connectivity index (χ1v) is 8.37. The fourth-order valence-electron chi connectivity index (χ4n) is 0.832. The molecular formula is C12H27O5P. The number of hydrogen-bond acceptors (Lipinski definition) is 3. The Kier molecular flexibility index (Phi) is 14.5. The smallest absolute Gasteiger partial charge is 0.325 e. The fourth-order valence-corrected chi connectivity index (χ4v) is 1.40. The van der Waals surface area contributed by atoms with Crippen molar-refractivity contribution in [2.24, 2.45) is 0 Å². The van der Waals surface area contributed by atoms with E-state index in [-0.39, 0.29) is 25.0 Å². The summed E-state index contributed by atoms with van der Waals surface area (Å²) in [5, 5.41) is 0. The lowest BCUT2D eigenvalue weighted by molar-refractivity contribution is -0.143. The van der Waals surface area contributed by atoms with Crippen molar-refractivity contribution in [1.29, 1.82) is 0 Å². The van der Waals surface area contributed by atoms with E-state index < -0.39 is 7.60 Å². The van der Waals surface area contributed by atoms with Gasteiger partial charge in [-0.2, -0.15) is 0 Å². The lowest BCUT2D eigenvalue weighted by Gasteiger charge is -2.04. The molecule has 0 atom stereocenters. The van der Waals surface area contributed by atoms with Crippen LogP contribution in [0.5, 0.6) is 0 Å². The van der Waals surface area contributed by atoms with Gasteiger partial charge in [-0.3, -0.25) is 9.36 Å². The molecule has 0 fully saturated rings. The predicted octanol–water partition coefficient (Wildman–Crippen LogP) is 3.09. The van der Waals surface area contributed by atoms with Gasteiger partial charge in [-0.25, -0.2) is 0 Å². The van der Waals surface area contributed by atoms with Gasteiger partial charge in [-0.1, -0.05) is 40.0 Å². The van der Waals surface area contributed by atoms with Crippen LogP contribution in [0, 0.1) is 0 Å². The molecule has 2 N–H and O–H groups in total. The molecule has 5 nitrogen and oxygen atoms in total. The second kappa shape index (κ2) is 13.1. The number of carbonyl (C=O) groups is 1. The van der Waals surface area contributed by atoms with Gasteiger partial charge in [-0.15, -0.1) is 0 Å². The Hall–Kier alpha value is -0.380. The number of hydrogen-bond donors (Lipinski definition) is 2. The van der Waals surface area contributed by atoms with E-state index in [0.29, 0.717) is 6.61 Å². The van der Waals surface area contributed by atoms with Gasteiger partial charge in [0.15, 0.2) is 0 Å². The summed E-state index contributed by atoms with van der Waals surface area (Å²) in [5.41, 5.74) is 0. The summed E-state index contributed by atoms with van der Waals surface area (Å²) < 4.78 is 15.2. The van der Waals surface area contributed by atoms with Gasteiger partial charge in [0.05, 0.1) is 12.8 Å². The molecule has 0 rings (SSSR count). The first-order chi connectivity index (χ1) is 8.37. The van der Waals surface area contributed by atoms with E-state index in [9.17, 15) is 9.36 Å². The molecule has 0 aliphatic carbocycles. The highest BCUT2D eigenvalue weighted by atomic mass is 31.2. The molecule has 18 heavy (non-hydrogen) atoms. The summed E-state index contributed by atoms with van der Waals surface area (Å²) in [6, 6.07) is 0. The van der Waals surface area contributed by atoms with E-state index in [1.165, 1.54) is 12.8 Å². The number of esters is 1. The molecule has 0 aromatic heterocycles. The van der Waals surface area contributed by atoms with Crippen LogP contribution in [-0.2, 0) is 14.1 Å². The van der Waals surface area contributed by atoms with Gasteiger partial charge in [0, 0.05) is 6.42 Å². The molecule has 0 aliphatic rings. The molecule has 0 aromatic carbocycles. The lowest BCUT2D eigenvalue weighted by atomic mass is 10.3. The monoisotopic (exact) mass is 282 g/mol. The van der Waals surface area contributed by atoms with Crippen LogP contribution in [0.3, 0.4) is 0 Å². The summed E-state index contributed by atoms with van der Waals surface area (Å²) in [6.45, 7) is 6.74. The average Bonchev–Trinajstić information content (AvgIpc) is 2.28. The molecule has 0 saturated carbocycles. The normalized spacial score (nSPS) is 10.5. The third-order valence-corrected chi connectivity index (χ3v) is 2.99. The molecule has 0 aliphatic heterocycles. The van der Waals surface area contributed by atoms with Gasteiger partial charge in [0.25, 0.3) is 0 Å². The number of rotatable bonds is 8. The third-order valence-electron chi connectivity index (χ3n) is 2.09. The predicted molar refractivity (Wildman–Crippen MR) is 72.6 cm³/mol. The van der Waals surface area contributed by atoms with Crippen LogP contribution >= 0.6 is 7.60 Å². The first-order valence-electron chi connectivity index (χ1n) is 6.57. The highest BCUT2D eigenvalue weighted by molar-refractivity contribution is 7.51. The molecule has 0 unspecified atom stereocenters. The van der Waals surface area contributed by atoms with Crippen LogP contribution in [0.2, 0.25) is 0 Å². The highest BCUT2D eigenvalue weighted by Crippen LogP contribution is 2.35. The summed E-state index contributed by atoms with van der Waals surface area (Å²) >= 11 is 0. The average molecular weight is 282 g/mol. The molecule has 110 valence electrons. The fraction of sp³-hybridized carbons (Fsp3) is 0.917. The van der Waals surface area contributed by atoms with Gasteiger partial charge in [-0.05, 0) is 12.8 Å². The summed E-state index contributed by atoms with van der Waals surface area (Å²) in [7, 11) is -3.96. The van der Waals surface area contributed by atoms with E-state index in [1.807, 2.05) is 6.92 Å². The summed E-state index contributed by atoms with van der Waals surface area (Å²) in [4.78, 5) is 27.9. The molecule has 0 amide bonds. The standard InChI is InChI=1S/C8H17O5P.C4H10/c1-2-3-6-13-8(9)5-4-7-14(10,11)12;1-3-4-2/h2-7H2,1H3,(H2,10,11,12);3-4H2,1-2H3. The minimum atomic E-state index is -3.96. The molecule has 0 heterocycles. The molecule has 0 saturated heterocycles. The van der Waals surface area contributed by atoms with Crippen molar-refractivity contribution < 1.29 is 23.9 Å². The minimum absolute atomic E-state index is 0.0782. The van der Waals surface area contributed by atoms with Crippen molar-refractivity contribution in [3.05, 3.63) is 0 Å². The first kappa shape index (κ1) is 19.9. The summed E-state index contributed by atoms with van der Waals surface area (Å²) in [6.07, 6.45) is 4.42. The Morgan fingerprint density at radius 2 is 1.61 bits per heavy atom. The summed E-state index contributed by atoms with van der Waals surface area (Å²) in [5.74, 6) is -0.382. The van der Waals surface area contributed by atoms with E-state index in [0.717, 1.165) is 12.8 Å². The second-order valence-corrected chi connectivity index (χ2v) is 5.84. The Morgan fingerprint density at radius 3 is 2.00 bits per heavy atom. The molecule has 0 radical (unpaired) electrons. The Labute approximate surface area is 110 Å². The van der Waals surface area contributed by atoms with Crippen molar-refractivity contribution in [2.45, 2.75) is 59.3 Å². The third kappa shape index (κ3) is 21.0. The van der Waals surface area contributed by atoms with Gasteiger partial charge < -0.3 is 14.5 Å². The molecule has 6 heteroatoms. The van der Waals surface area contributed by atoms with Crippen LogP contribution in [0.15, 0.2) is 0 Å². The van der Waals surface area contributed by atoms with Gasteiger partial charge >= 0.3 is 13.6 Å². The van der Waals surface area contributed by atoms with Crippen LogP contribution < -0.4 is 0 Å². The SMILES string of the molecule is CCCC.CCCCOC(=O)CCCP(=O)(O)O. The van der Waals surface area contributed by atoms with E-state index in [2.05, 4.69) is 13.8 Å². The van der Waals surface area contributed by atoms with E-state index in [1.54, 1.807) is 0 Å². The van der Waals surface area contributed by atoms with E-state index >= 15 is 0 Å². The van der Waals surface area contributed by atoms with Crippen molar-refractivity contribution in [3.63, 3.8) is 0 Å². The maximum Gasteiger partial charge on any atom is 0.325 e. The number of carbonyl (C=O) groups excluding carboxylic acids is 1. The highest BCUT2D eigenvalue weighted by Gasteiger charge is 2.13. The molecule has 0 spiro atoms. The maximum absolute atomic E-state index is 10.9. The molecular weight excluding hydrogens is 255 g/mol. The van der Waals surface area contributed by atoms with Crippen molar-refractivity contribution in [1.82, 2.24) is 0 Å². The Bertz CT molecular complexity index is 235. The van der Waals surface area contributed by atoms with Crippen LogP contribution in [0.4, 0.5) is 0 Å². The number of unbranched alkanes of at least 4 members (excludes halogenated alkanes) is 2. The van der Waals surface area contributed by atoms with E-state index in [4.69, 9.17) is 14.5 Å². The maximum atomic E-state index is 10.9. The van der Waals surface area contributed by atoms with Crippen LogP contribution in [0.1, 0.15) is 59.3 Å². The Morgan fingerprint density at radius 1 is 1.06 bits per heavy atom. The molecule has 0 aromatic rings. The molecule has 0 bridgehead atoms. The van der Waals surface area contributed by atoms with Gasteiger partial charge in [0.1, 0.15) is 0 Å².